The lowest BCUT2D eigenvalue weighted by Crippen LogP contribution is -2.42. The van der Waals surface area contributed by atoms with Crippen molar-refractivity contribution in [1.29, 1.82) is 0 Å². The molecule has 1 heterocycles. The molecule has 1 aliphatic rings. The topological polar surface area (TPSA) is 59.9 Å². The average Bonchev–Trinajstić information content (AvgIpc) is 2.54. The second-order valence-electron chi connectivity index (χ2n) is 4.65. The third-order valence-corrected chi connectivity index (χ3v) is 3.04. The number of carbonyl (C=O) groups is 1. The van der Waals surface area contributed by atoms with E-state index in [4.69, 9.17) is 9.47 Å². The number of amides is 1. The first-order chi connectivity index (χ1) is 10.7. The Labute approximate surface area is 126 Å². The van der Waals surface area contributed by atoms with E-state index in [0.29, 0.717) is 17.1 Å². The SMILES string of the molecule is O=C(N/N=C\c1cccc(F)c1)[C@@H]1COc2ccccc2O1. The van der Waals surface area contributed by atoms with Crippen LogP contribution in [-0.2, 0) is 4.79 Å². The van der Waals surface area contributed by atoms with E-state index in [9.17, 15) is 9.18 Å². The molecular weight excluding hydrogens is 287 g/mol. The van der Waals surface area contributed by atoms with E-state index in [1.165, 1.54) is 18.3 Å². The molecule has 0 bridgehead atoms. The van der Waals surface area contributed by atoms with Gasteiger partial charge in [0, 0.05) is 0 Å². The number of rotatable bonds is 3. The number of carbonyl (C=O) groups excluding carboxylic acids is 1. The number of ether oxygens (including phenoxy) is 2. The fraction of sp³-hybridized carbons (Fsp3) is 0.125. The Kier molecular flexibility index (Phi) is 4.00. The molecule has 5 nitrogen and oxygen atoms in total. The minimum absolute atomic E-state index is 0.109. The quantitative estimate of drug-likeness (QED) is 0.697. The summed E-state index contributed by atoms with van der Waals surface area (Å²) in [6, 6.07) is 13.0. The van der Waals surface area contributed by atoms with Crippen LogP contribution in [0, 0.1) is 5.82 Å². The molecule has 0 unspecified atom stereocenters. The highest BCUT2D eigenvalue weighted by molar-refractivity contribution is 5.84. The number of para-hydroxylation sites is 2. The number of hydrogen-bond acceptors (Lipinski definition) is 4. The highest BCUT2D eigenvalue weighted by atomic mass is 19.1. The van der Waals surface area contributed by atoms with Crippen molar-refractivity contribution in [2.24, 2.45) is 5.10 Å². The summed E-state index contributed by atoms with van der Waals surface area (Å²) in [4.78, 5) is 12.0. The van der Waals surface area contributed by atoms with Crippen LogP contribution in [0.1, 0.15) is 5.56 Å². The van der Waals surface area contributed by atoms with Gasteiger partial charge in [0.25, 0.3) is 5.91 Å². The number of benzene rings is 2. The molecule has 2 aromatic rings. The van der Waals surface area contributed by atoms with E-state index >= 15 is 0 Å². The summed E-state index contributed by atoms with van der Waals surface area (Å²) in [5.74, 6) is 0.330. The zero-order chi connectivity index (χ0) is 15.4. The van der Waals surface area contributed by atoms with Gasteiger partial charge < -0.3 is 9.47 Å². The van der Waals surface area contributed by atoms with Crippen molar-refractivity contribution < 1.29 is 18.7 Å². The summed E-state index contributed by atoms with van der Waals surface area (Å²) in [5, 5.41) is 3.79. The molecule has 0 aromatic heterocycles. The Bertz CT molecular complexity index is 718. The van der Waals surface area contributed by atoms with Crippen molar-refractivity contribution in [2.45, 2.75) is 6.10 Å². The number of hydrogen-bond donors (Lipinski definition) is 1. The van der Waals surface area contributed by atoms with Crippen LogP contribution in [0.5, 0.6) is 11.5 Å². The lowest BCUT2D eigenvalue weighted by Gasteiger charge is -2.24. The summed E-state index contributed by atoms with van der Waals surface area (Å²) < 4.78 is 24.0. The zero-order valence-electron chi connectivity index (χ0n) is 11.5. The van der Waals surface area contributed by atoms with Crippen LogP contribution < -0.4 is 14.9 Å². The average molecular weight is 300 g/mol. The number of nitrogens with one attached hydrogen (secondary N) is 1. The molecule has 0 aliphatic carbocycles. The predicted molar refractivity (Wildman–Crippen MR) is 78.5 cm³/mol. The summed E-state index contributed by atoms with van der Waals surface area (Å²) in [7, 11) is 0. The lowest BCUT2D eigenvalue weighted by molar-refractivity contribution is -0.130. The first kappa shape index (κ1) is 14.1. The second kappa shape index (κ2) is 6.26. The smallest absolute Gasteiger partial charge is 0.284 e. The monoisotopic (exact) mass is 300 g/mol. The van der Waals surface area contributed by atoms with E-state index in [0.717, 1.165) is 0 Å². The normalized spacial score (nSPS) is 16.5. The third kappa shape index (κ3) is 3.22. The number of fused-ring (bicyclic) bond motifs is 1. The van der Waals surface area contributed by atoms with Crippen LogP contribution in [0.3, 0.4) is 0 Å². The molecule has 1 N–H and O–H groups in total. The Balaban J connectivity index is 1.59. The number of hydrazone groups is 1. The summed E-state index contributed by atoms with van der Waals surface area (Å²) in [6.45, 7) is 0.109. The van der Waals surface area contributed by atoms with Gasteiger partial charge in [0.2, 0.25) is 6.10 Å². The fourth-order valence-electron chi connectivity index (χ4n) is 1.98. The van der Waals surface area contributed by atoms with Crippen LogP contribution in [0.2, 0.25) is 0 Å². The molecule has 0 radical (unpaired) electrons. The Morgan fingerprint density at radius 3 is 2.86 bits per heavy atom. The van der Waals surface area contributed by atoms with E-state index in [2.05, 4.69) is 10.5 Å². The molecule has 1 atom stereocenters. The maximum atomic E-state index is 13.0. The molecule has 0 saturated carbocycles. The van der Waals surface area contributed by atoms with Crippen molar-refractivity contribution in [3.8, 4) is 11.5 Å². The molecule has 0 saturated heterocycles. The van der Waals surface area contributed by atoms with Crippen molar-refractivity contribution in [1.82, 2.24) is 5.43 Å². The van der Waals surface area contributed by atoms with Gasteiger partial charge in [0.05, 0.1) is 6.21 Å². The van der Waals surface area contributed by atoms with Crippen molar-refractivity contribution in [3.05, 3.63) is 59.9 Å². The van der Waals surface area contributed by atoms with Crippen LogP contribution >= 0.6 is 0 Å². The van der Waals surface area contributed by atoms with Crippen molar-refractivity contribution in [3.63, 3.8) is 0 Å². The van der Waals surface area contributed by atoms with Gasteiger partial charge in [-0.1, -0.05) is 24.3 Å². The van der Waals surface area contributed by atoms with Crippen LogP contribution in [0.4, 0.5) is 4.39 Å². The van der Waals surface area contributed by atoms with E-state index in [1.54, 1.807) is 30.3 Å². The van der Waals surface area contributed by atoms with Crippen LogP contribution in [-0.4, -0.2) is 24.8 Å². The van der Waals surface area contributed by atoms with Gasteiger partial charge in [-0.15, -0.1) is 0 Å². The Morgan fingerprint density at radius 2 is 2.05 bits per heavy atom. The largest absolute Gasteiger partial charge is 0.485 e. The van der Waals surface area contributed by atoms with Gasteiger partial charge in [-0.05, 0) is 29.8 Å². The minimum atomic E-state index is -0.778. The van der Waals surface area contributed by atoms with Gasteiger partial charge in [-0.2, -0.15) is 5.10 Å². The minimum Gasteiger partial charge on any atom is -0.485 e. The second-order valence-corrected chi connectivity index (χ2v) is 4.65. The van der Waals surface area contributed by atoms with E-state index < -0.39 is 12.0 Å². The number of nitrogens with zero attached hydrogens (tertiary/aromatic N) is 1. The van der Waals surface area contributed by atoms with Gasteiger partial charge in [-0.3, -0.25) is 4.79 Å². The molecule has 3 rings (SSSR count). The van der Waals surface area contributed by atoms with Gasteiger partial charge in [-0.25, -0.2) is 9.82 Å². The molecule has 1 aliphatic heterocycles. The molecular formula is C16H13FN2O3. The van der Waals surface area contributed by atoms with Crippen molar-refractivity contribution >= 4 is 12.1 Å². The number of halogens is 1. The highest BCUT2D eigenvalue weighted by Crippen LogP contribution is 2.30. The molecule has 22 heavy (non-hydrogen) atoms. The van der Waals surface area contributed by atoms with Gasteiger partial charge >= 0.3 is 0 Å². The highest BCUT2D eigenvalue weighted by Gasteiger charge is 2.26. The van der Waals surface area contributed by atoms with Crippen LogP contribution in [0.25, 0.3) is 0 Å². The molecule has 6 heteroatoms. The van der Waals surface area contributed by atoms with Crippen molar-refractivity contribution in [2.75, 3.05) is 6.61 Å². The first-order valence-electron chi connectivity index (χ1n) is 6.69. The first-order valence-corrected chi connectivity index (χ1v) is 6.69. The molecule has 2 aromatic carbocycles. The molecule has 0 fully saturated rings. The summed E-state index contributed by atoms with van der Waals surface area (Å²) >= 11 is 0. The molecule has 1 amide bonds. The van der Waals surface area contributed by atoms with Crippen LogP contribution in [0.15, 0.2) is 53.6 Å². The molecule has 112 valence electrons. The lowest BCUT2D eigenvalue weighted by atomic mass is 10.2. The maximum Gasteiger partial charge on any atom is 0.284 e. The zero-order valence-corrected chi connectivity index (χ0v) is 11.5. The van der Waals surface area contributed by atoms with Gasteiger partial charge in [0.15, 0.2) is 11.5 Å². The summed E-state index contributed by atoms with van der Waals surface area (Å²) in [6.07, 6.45) is 0.582. The van der Waals surface area contributed by atoms with Gasteiger partial charge in [0.1, 0.15) is 12.4 Å². The van der Waals surface area contributed by atoms with E-state index in [-0.39, 0.29) is 12.4 Å². The maximum absolute atomic E-state index is 13.0. The van der Waals surface area contributed by atoms with E-state index in [1.807, 2.05) is 6.07 Å². The predicted octanol–water partition coefficient (Wildman–Crippen LogP) is 2.12. The Morgan fingerprint density at radius 1 is 1.23 bits per heavy atom. The summed E-state index contributed by atoms with van der Waals surface area (Å²) in [5.41, 5.74) is 2.90. The third-order valence-electron chi connectivity index (χ3n) is 3.04. The standard InChI is InChI=1S/C16H13FN2O3/c17-12-5-3-4-11(8-12)9-18-19-16(20)15-10-21-13-6-1-2-7-14(13)22-15/h1-9,15H,10H2,(H,19,20)/b18-9-/t15-/m0/s1. The fourth-order valence-corrected chi connectivity index (χ4v) is 1.98. The molecule has 0 spiro atoms. The Hall–Kier alpha value is -2.89.